The molecule has 1 aliphatic heterocycles. The van der Waals surface area contributed by atoms with Gasteiger partial charge >= 0.3 is 0 Å². The molecule has 0 unspecified atom stereocenters. The molecular formula is C15H20N2O3S. The lowest BCUT2D eigenvalue weighted by Crippen LogP contribution is -2.47. The van der Waals surface area contributed by atoms with E-state index in [2.05, 4.69) is 5.32 Å². The molecule has 0 aliphatic carbocycles. The number of benzene rings is 1. The highest BCUT2D eigenvalue weighted by Crippen LogP contribution is 2.18. The Morgan fingerprint density at radius 2 is 2.10 bits per heavy atom. The molecular weight excluding hydrogens is 288 g/mol. The first kappa shape index (κ1) is 15.7. The molecule has 21 heavy (non-hydrogen) atoms. The molecule has 0 bridgehead atoms. The standard InChI is InChI=1S/C15H20N2O3S/c1-2-9-20-13-6-4-3-5-12(13)14(18)16-15(21)17-7-10-19-11-8-17/h3-6H,2,7-11H2,1H3,(H,16,18,21). The third-order valence-electron chi connectivity index (χ3n) is 3.11. The zero-order valence-electron chi connectivity index (χ0n) is 12.1. The number of morpholine rings is 1. The summed E-state index contributed by atoms with van der Waals surface area (Å²) in [6.07, 6.45) is 0.891. The van der Waals surface area contributed by atoms with Crippen LogP contribution in [-0.2, 0) is 4.74 Å². The molecule has 0 atom stereocenters. The van der Waals surface area contributed by atoms with Crippen LogP contribution in [0.25, 0.3) is 0 Å². The maximum Gasteiger partial charge on any atom is 0.261 e. The smallest absolute Gasteiger partial charge is 0.261 e. The van der Waals surface area contributed by atoms with Gasteiger partial charge in [0.25, 0.3) is 5.91 Å². The lowest BCUT2D eigenvalue weighted by atomic mass is 10.2. The van der Waals surface area contributed by atoms with Crippen LogP contribution in [0.15, 0.2) is 24.3 Å². The van der Waals surface area contributed by atoms with Crippen molar-refractivity contribution in [3.63, 3.8) is 0 Å². The average Bonchev–Trinajstić information content (AvgIpc) is 2.54. The molecule has 5 nitrogen and oxygen atoms in total. The minimum Gasteiger partial charge on any atom is -0.493 e. The summed E-state index contributed by atoms with van der Waals surface area (Å²) in [5.41, 5.74) is 0.501. The van der Waals surface area contributed by atoms with Gasteiger partial charge in [-0.1, -0.05) is 19.1 Å². The van der Waals surface area contributed by atoms with Crippen LogP contribution in [0.2, 0.25) is 0 Å². The van der Waals surface area contributed by atoms with Crippen molar-refractivity contribution in [2.75, 3.05) is 32.9 Å². The first-order chi connectivity index (χ1) is 10.2. The van der Waals surface area contributed by atoms with Gasteiger partial charge in [0.05, 0.1) is 25.4 Å². The molecule has 6 heteroatoms. The first-order valence-electron chi connectivity index (χ1n) is 7.12. The van der Waals surface area contributed by atoms with Gasteiger partial charge < -0.3 is 14.4 Å². The first-order valence-corrected chi connectivity index (χ1v) is 7.53. The van der Waals surface area contributed by atoms with E-state index in [0.29, 0.717) is 49.3 Å². The van der Waals surface area contributed by atoms with Gasteiger partial charge in [0.15, 0.2) is 5.11 Å². The molecule has 1 N–H and O–H groups in total. The molecule has 114 valence electrons. The summed E-state index contributed by atoms with van der Waals surface area (Å²) in [6, 6.07) is 7.19. The predicted molar refractivity (Wildman–Crippen MR) is 84.7 cm³/mol. The molecule has 1 amide bonds. The quantitative estimate of drug-likeness (QED) is 0.860. The van der Waals surface area contributed by atoms with Crippen molar-refractivity contribution in [2.45, 2.75) is 13.3 Å². The Kier molecular flexibility index (Phi) is 5.95. The molecule has 1 aromatic rings. The summed E-state index contributed by atoms with van der Waals surface area (Å²) in [5.74, 6) is 0.347. The second kappa shape index (κ2) is 7.95. The van der Waals surface area contributed by atoms with E-state index in [1.807, 2.05) is 24.0 Å². The molecule has 1 aromatic carbocycles. The van der Waals surface area contributed by atoms with E-state index in [-0.39, 0.29) is 5.91 Å². The molecule has 1 saturated heterocycles. The molecule has 1 heterocycles. The Labute approximate surface area is 130 Å². The van der Waals surface area contributed by atoms with Gasteiger partial charge in [0, 0.05) is 13.1 Å². The maximum atomic E-state index is 12.3. The number of carbonyl (C=O) groups is 1. The number of thiocarbonyl (C=S) groups is 1. The van der Waals surface area contributed by atoms with Gasteiger partial charge in [-0.2, -0.15) is 0 Å². The summed E-state index contributed by atoms with van der Waals surface area (Å²) in [7, 11) is 0. The largest absolute Gasteiger partial charge is 0.493 e. The highest BCUT2D eigenvalue weighted by Gasteiger charge is 2.18. The number of ether oxygens (including phenoxy) is 2. The van der Waals surface area contributed by atoms with Crippen molar-refractivity contribution in [2.24, 2.45) is 0 Å². The van der Waals surface area contributed by atoms with E-state index in [1.165, 1.54) is 0 Å². The van der Waals surface area contributed by atoms with Crippen molar-refractivity contribution >= 4 is 23.2 Å². The minimum absolute atomic E-state index is 0.238. The Morgan fingerprint density at radius 3 is 2.81 bits per heavy atom. The van der Waals surface area contributed by atoms with Crippen LogP contribution in [0.1, 0.15) is 23.7 Å². The molecule has 1 aliphatic rings. The lowest BCUT2D eigenvalue weighted by Gasteiger charge is -2.29. The van der Waals surface area contributed by atoms with Gasteiger partial charge in [-0.25, -0.2) is 0 Å². The maximum absolute atomic E-state index is 12.3. The zero-order valence-corrected chi connectivity index (χ0v) is 12.9. The second-order valence-electron chi connectivity index (χ2n) is 4.70. The van der Waals surface area contributed by atoms with Crippen LogP contribution in [0.3, 0.4) is 0 Å². The van der Waals surface area contributed by atoms with Crippen LogP contribution in [0.4, 0.5) is 0 Å². The summed E-state index contributed by atoms with van der Waals surface area (Å²) < 4.78 is 10.9. The van der Waals surface area contributed by atoms with Gasteiger partial charge in [-0.3, -0.25) is 10.1 Å². The van der Waals surface area contributed by atoms with Crippen molar-refractivity contribution in [1.29, 1.82) is 0 Å². The molecule has 1 fully saturated rings. The van der Waals surface area contributed by atoms with Gasteiger partial charge in [-0.05, 0) is 30.8 Å². The van der Waals surface area contributed by atoms with Crippen LogP contribution < -0.4 is 10.1 Å². The SMILES string of the molecule is CCCOc1ccccc1C(=O)NC(=S)N1CCOCC1. The molecule has 0 saturated carbocycles. The number of para-hydroxylation sites is 1. The fourth-order valence-electron chi connectivity index (χ4n) is 2.00. The third-order valence-corrected chi connectivity index (χ3v) is 3.47. The number of nitrogens with zero attached hydrogens (tertiary/aromatic N) is 1. The Bertz CT molecular complexity index is 501. The van der Waals surface area contributed by atoms with Crippen LogP contribution >= 0.6 is 12.2 Å². The summed E-state index contributed by atoms with van der Waals surface area (Å²) >= 11 is 5.28. The normalized spacial score (nSPS) is 14.6. The Morgan fingerprint density at radius 1 is 1.38 bits per heavy atom. The monoisotopic (exact) mass is 308 g/mol. The molecule has 0 aromatic heterocycles. The summed E-state index contributed by atoms with van der Waals surface area (Å²) in [4.78, 5) is 14.3. The molecule has 0 radical (unpaired) electrons. The Balaban J connectivity index is 2.00. The number of hydrogen-bond acceptors (Lipinski definition) is 4. The van der Waals surface area contributed by atoms with Crippen molar-refractivity contribution < 1.29 is 14.3 Å². The van der Waals surface area contributed by atoms with E-state index in [9.17, 15) is 4.79 Å². The van der Waals surface area contributed by atoms with Crippen LogP contribution in [0, 0.1) is 0 Å². The van der Waals surface area contributed by atoms with Crippen molar-refractivity contribution in [1.82, 2.24) is 10.2 Å². The average molecular weight is 308 g/mol. The summed E-state index contributed by atoms with van der Waals surface area (Å²) in [5, 5.41) is 3.20. The van der Waals surface area contributed by atoms with Crippen molar-refractivity contribution in [3.8, 4) is 5.75 Å². The van der Waals surface area contributed by atoms with E-state index in [1.54, 1.807) is 12.1 Å². The van der Waals surface area contributed by atoms with E-state index < -0.39 is 0 Å². The minimum atomic E-state index is -0.238. The van der Waals surface area contributed by atoms with Gasteiger partial charge in [0.1, 0.15) is 5.75 Å². The van der Waals surface area contributed by atoms with Crippen molar-refractivity contribution in [3.05, 3.63) is 29.8 Å². The number of amides is 1. The molecule has 0 spiro atoms. The van der Waals surface area contributed by atoms with E-state index in [4.69, 9.17) is 21.7 Å². The third kappa shape index (κ3) is 4.41. The Hall–Kier alpha value is -1.66. The fourth-order valence-corrected chi connectivity index (χ4v) is 2.28. The zero-order chi connectivity index (χ0) is 15.1. The van der Waals surface area contributed by atoms with Crippen LogP contribution in [0.5, 0.6) is 5.75 Å². The number of hydrogen-bond donors (Lipinski definition) is 1. The van der Waals surface area contributed by atoms with Crippen LogP contribution in [-0.4, -0.2) is 48.8 Å². The number of carbonyl (C=O) groups excluding carboxylic acids is 1. The van der Waals surface area contributed by atoms with E-state index >= 15 is 0 Å². The van der Waals surface area contributed by atoms with Gasteiger partial charge in [-0.15, -0.1) is 0 Å². The highest BCUT2D eigenvalue weighted by molar-refractivity contribution is 7.80. The molecule has 2 rings (SSSR count). The fraction of sp³-hybridized carbons (Fsp3) is 0.467. The predicted octanol–water partition coefficient (Wildman–Crippen LogP) is 1.82. The lowest BCUT2D eigenvalue weighted by molar-refractivity contribution is 0.0669. The second-order valence-corrected chi connectivity index (χ2v) is 5.09. The number of rotatable bonds is 4. The van der Waals surface area contributed by atoms with E-state index in [0.717, 1.165) is 6.42 Å². The highest BCUT2D eigenvalue weighted by atomic mass is 32.1. The number of nitrogens with one attached hydrogen (secondary N) is 1. The summed E-state index contributed by atoms with van der Waals surface area (Å²) in [6.45, 7) is 5.27. The van der Waals surface area contributed by atoms with Gasteiger partial charge in [0.2, 0.25) is 0 Å². The topological polar surface area (TPSA) is 50.8 Å².